The summed E-state index contributed by atoms with van der Waals surface area (Å²) in [6.45, 7) is 5.30. The smallest absolute Gasteiger partial charge is 0.312 e. The van der Waals surface area contributed by atoms with Crippen LogP contribution in [-0.4, -0.2) is 43.2 Å². The third-order valence-corrected chi connectivity index (χ3v) is 5.88. The lowest BCUT2D eigenvalue weighted by atomic mass is 9.79. The fourth-order valence-electron chi connectivity index (χ4n) is 2.06. The lowest BCUT2D eigenvalue weighted by Crippen LogP contribution is -2.39. The Morgan fingerprint density at radius 2 is 2.12 bits per heavy atom. The molecule has 2 unspecified atom stereocenters. The van der Waals surface area contributed by atoms with Crippen LogP contribution in [-0.2, 0) is 19.4 Å². The van der Waals surface area contributed by atoms with Crippen molar-refractivity contribution in [3.63, 3.8) is 0 Å². The molecule has 1 heterocycles. The zero-order chi connectivity index (χ0) is 13.3. The maximum absolute atomic E-state index is 11.7. The summed E-state index contributed by atoms with van der Waals surface area (Å²) in [6, 6.07) is 0. The van der Waals surface area contributed by atoms with Gasteiger partial charge in [0.15, 0.2) is 9.84 Å². The van der Waals surface area contributed by atoms with Gasteiger partial charge in [0.1, 0.15) is 0 Å². The lowest BCUT2D eigenvalue weighted by Gasteiger charge is -2.27. The van der Waals surface area contributed by atoms with Gasteiger partial charge in [-0.3, -0.25) is 4.79 Å². The molecule has 0 aromatic carbocycles. The van der Waals surface area contributed by atoms with Gasteiger partial charge in [0.05, 0.1) is 22.5 Å². The first kappa shape index (κ1) is 14.4. The fraction of sp³-hybridized carbons (Fsp3) is 0.909. The van der Waals surface area contributed by atoms with Crippen molar-refractivity contribution in [3.05, 3.63) is 0 Å². The van der Waals surface area contributed by atoms with E-state index in [2.05, 4.69) is 0 Å². The Hall–Kier alpha value is -0.620. The molecular formula is C11H20O5S. The van der Waals surface area contributed by atoms with Crippen LogP contribution in [0.15, 0.2) is 0 Å². The summed E-state index contributed by atoms with van der Waals surface area (Å²) in [4.78, 5) is 11.3. The monoisotopic (exact) mass is 264 g/mol. The summed E-state index contributed by atoms with van der Waals surface area (Å²) in [7, 11) is -3.20. The molecule has 0 radical (unpaired) electrons. The standard InChI is InChI=1S/C11H20O5S/c1-8(2)17(14,15)7-5-11(10(12)13)4-6-16-9(11)3/h8-9H,4-7H2,1-3H3,(H,12,13). The highest BCUT2D eigenvalue weighted by atomic mass is 32.2. The van der Waals surface area contributed by atoms with Crippen molar-refractivity contribution >= 4 is 15.8 Å². The molecule has 1 aliphatic heterocycles. The molecule has 17 heavy (non-hydrogen) atoms. The minimum Gasteiger partial charge on any atom is -0.481 e. The van der Waals surface area contributed by atoms with E-state index in [1.54, 1.807) is 20.8 Å². The second-order valence-corrected chi connectivity index (χ2v) is 7.57. The topological polar surface area (TPSA) is 80.7 Å². The zero-order valence-corrected chi connectivity index (χ0v) is 11.3. The van der Waals surface area contributed by atoms with Gasteiger partial charge in [-0.05, 0) is 33.6 Å². The van der Waals surface area contributed by atoms with Crippen molar-refractivity contribution in [2.45, 2.75) is 45.0 Å². The Bertz CT molecular complexity index is 387. The Morgan fingerprint density at radius 1 is 1.53 bits per heavy atom. The molecule has 1 aliphatic rings. The van der Waals surface area contributed by atoms with E-state index in [4.69, 9.17) is 4.74 Å². The third-order valence-electron chi connectivity index (χ3n) is 3.67. The Labute approximate surface area is 102 Å². The van der Waals surface area contributed by atoms with Crippen LogP contribution >= 0.6 is 0 Å². The number of hydrogen-bond donors (Lipinski definition) is 1. The van der Waals surface area contributed by atoms with E-state index in [9.17, 15) is 18.3 Å². The normalized spacial score (nSPS) is 29.8. The Balaban J connectivity index is 2.81. The average Bonchev–Trinajstić information content (AvgIpc) is 2.58. The van der Waals surface area contributed by atoms with Gasteiger partial charge in [-0.25, -0.2) is 8.42 Å². The largest absolute Gasteiger partial charge is 0.481 e. The highest BCUT2D eigenvalue weighted by molar-refractivity contribution is 7.91. The molecule has 0 bridgehead atoms. The Kier molecular flexibility index (Phi) is 4.19. The molecule has 5 nitrogen and oxygen atoms in total. The molecule has 0 spiro atoms. The molecule has 1 N–H and O–H groups in total. The van der Waals surface area contributed by atoms with Gasteiger partial charge in [-0.15, -0.1) is 0 Å². The molecule has 0 aliphatic carbocycles. The molecule has 100 valence electrons. The molecule has 0 amide bonds. The summed E-state index contributed by atoms with van der Waals surface area (Å²) in [5.74, 6) is -1.05. The van der Waals surface area contributed by atoms with E-state index in [0.29, 0.717) is 13.0 Å². The van der Waals surface area contributed by atoms with Crippen LogP contribution in [0, 0.1) is 5.41 Å². The highest BCUT2D eigenvalue weighted by Crippen LogP contribution is 2.39. The first-order valence-electron chi connectivity index (χ1n) is 5.79. The van der Waals surface area contributed by atoms with E-state index < -0.39 is 32.6 Å². The van der Waals surface area contributed by atoms with Crippen LogP contribution in [0.3, 0.4) is 0 Å². The van der Waals surface area contributed by atoms with Crippen molar-refractivity contribution in [3.8, 4) is 0 Å². The summed E-state index contributed by atoms with van der Waals surface area (Å²) in [6.07, 6.45) is 0.0866. The van der Waals surface area contributed by atoms with Gasteiger partial charge >= 0.3 is 5.97 Å². The van der Waals surface area contributed by atoms with E-state index >= 15 is 0 Å². The number of carboxylic acids is 1. The quantitative estimate of drug-likeness (QED) is 0.803. The molecule has 1 fully saturated rings. The summed E-state index contributed by atoms with van der Waals surface area (Å²) < 4.78 is 28.7. The van der Waals surface area contributed by atoms with Gasteiger partial charge in [0, 0.05) is 6.61 Å². The third kappa shape index (κ3) is 2.80. The van der Waals surface area contributed by atoms with Crippen LogP contribution in [0.1, 0.15) is 33.6 Å². The van der Waals surface area contributed by atoms with Crippen LogP contribution in [0.5, 0.6) is 0 Å². The molecule has 0 aromatic heterocycles. The minimum absolute atomic E-state index is 0.0926. The van der Waals surface area contributed by atoms with Crippen LogP contribution < -0.4 is 0 Å². The van der Waals surface area contributed by atoms with Crippen molar-refractivity contribution in [1.82, 2.24) is 0 Å². The Morgan fingerprint density at radius 3 is 2.47 bits per heavy atom. The molecular weight excluding hydrogens is 244 g/mol. The van der Waals surface area contributed by atoms with E-state index in [1.807, 2.05) is 0 Å². The first-order chi connectivity index (χ1) is 7.72. The zero-order valence-electron chi connectivity index (χ0n) is 10.5. The average molecular weight is 264 g/mol. The van der Waals surface area contributed by atoms with Gasteiger partial charge in [-0.2, -0.15) is 0 Å². The first-order valence-corrected chi connectivity index (χ1v) is 7.50. The predicted octanol–water partition coefficient (Wildman–Crippen LogP) is 1.08. The van der Waals surface area contributed by atoms with E-state index in [1.165, 1.54) is 0 Å². The molecule has 0 aromatic rings. The number of hydrogen-bond acceptors (Lipinski definition) is 4. The van der Waals surface area contributed by atoms with Crippen molar-refractivity contribution in [1.29, 1.82) is 0 Å². The number of aliphatic carboxylic acids is 1. The fourth-order valence-corrected chi connectivity index (χ4v) is 3.18. The van der Waals surface area contributed by atoms with E-state index in [0.717, 1.165) is 0 Å². The molecule has 1 saturated heterocycles. The van der Waals surface area contributed by atoms with Crippen LogP contribution in [0.25, 0.3) is 0 Å². The summed E-state index contributed by atoms with van der Waals surface area (Å²) in [5.41, 5.74) is -1.04. The predicted molar refractivity (Wildman–Crippen MR) is 63.6 cm³/mol. The summed E-state index contributed by atoms with van der Waals surface area (Å²) >= 11 is 0. The molecule has 0 saturated carbocycles. The van der Waals surface area contributed by atoms with Crippen LogP contribution in [0.2, 0.25) is 0 Å². The highest BCUT2D eigenvalue weighted by Gasteiger charge is 2.48. The molecule has 2 atom stereocenters. The molecule has 1 rings (SSSR count). The molecule has 6 heteroatoms. The van der Waals surface area contributed by atoms with Crippen molar-refractivity contribution in [2.75, 3.05) is 12.4 Å². The lowest BCUT2D eigenvalue weighted by molar-refractivity contribution is -0.152. The second kappa shape index (κ2) is 4.94. The number of sulfone groups is 1. The van der Waals surface area contributed by atoms with Crippen LogP contribution in [0.4, 0.5) is 0 Å². The SMILES string of the molecule is CC1OCCC1(CCS(=O)(=O)C(C)C)C(=O)O. The van der Waals surface area contributed by atoms with Crippen molar-refractivity contribution < 1.29 is 23.1 Å². The minimum atomic E-state index is -3.20. The maximum Gasteiger partial charge on any atom is 0.312 e. The number of rotatable bonds is 5. The number of ether oxygens (including phenoxy) is 1. The van der Waals surface area contributed by atoms with Gasteiger partial charge in [0.2, 0.25) is 0 Å². The summed E-state index contributed by atoms with van der Waals surface area (Å²) in [5, 5.41) is 8.83. The van der Waals surface area contributed by atoms with E-state index in [-0.39, 0.29) is 12.2 Å². The number of carbonyl (C=O) groups is 1. The van der Waals surface area contributed by atoms with Gasteiger partial charge in [-0.1, -0.05) is 0 Å². The maximum atomic E-state index is 11.7. The van der Waals surface area contributed by atoms with Crippen molar-refractivity contribution in [2.24, 2.45) is 5.41 Å². The van der Waals surface area contributed by atoms with Gasteiger partial charge in [0.25, 0.3) is 0 Å². The second-order valence-electron chi connectivity index (χ2n) is 4.89. The van der Waals surface area contributed by atoms with Gasteiger partial charge < -0.3 is 9.84 Å². The number of carboxylic acid groups (broad SMARTS) is 1.